The van der Waals surface area contributed by atoms with Crippen molar-refractivity contribution >= 4 is 16.9 Å². The van der Waals surface area contributed by atoms with E-state index in [9.17, 15) is 10.1 Å². The van der Waals surface area contributed by atoms with E-state index in [0.29, 0.717) is 24.4 Å². The third-order valence-corrected chi connectivity index (χ3v) is 4.61. The molecule has 1 amide bonds. The summed E-state index contributed by atoms with van der Waals surface area (Å²) < 4.78 is 7.98. The van der Waals surface area contributed by atoms with E-state index in [-0.39, 0.29) is 11.8 Å². The van der Waals surface area contributed by atoms with E-state index in [4.69, 9.17) is 4.74 Å². The number of carbonyl (C=O) groups is 1. The number of imidazole rings is 1. The maximum atomic E-state index is 12.7. The fourth-order valence-electron chi connectivity index (χ4n) is 3.16. The Morgan fingerprint density at radius 1 is 1.21 bits per heavy atom. The van der Waals surface area contributed by atoms with Gasteiger partial charge in [-0.05, 0) is 37.1 Å². The van der Waals surface area contributed by atoms with Crippen molar-refractivity contribution in [1.29, 1.82) is 5.26 Å². The summed E-state index contributed by atoms with van der Waals surface area (Å²) in [5, 5.41) is 12.2. The number of rotatable bonds is 7. The number of nitriles is 1. The van der Waals surface area contributed by atoms with Crippen LogP contribution in [-0.2, 0) is 11.3 Å². The molecule has 0 saturated carbocycles. The number of nitrogens with zero attached hydrogens (tertiary/aromatic N) is 3. The lowest BCUT2D eigenvalue weighted by molar-refractivity contribution is -0.129. The van der Waals surface area contributed by atoms with E-state index < -0.39 is 6.10 Å². The molecule has 0 saturated heterocycles. The third kappa shape index (κ3) is 4.15. The van der Waals surface area contributed by atoms with Crippen LogP contribution in [0, 0.1) is 24.2 Å². The van der Waals surface area contributed by atoms with E-state index in [2.05, 4.69) is 20.9 Å². The van der Waals surface area contributed by atoms with Crippen molar-refractivity contribution in [2.24, 2.45) is 5.92 Å². The molecule has 0 spiro atoms. The van der Waals surface area contributed by atoms with E-state index in [1.54, 1.807) is 24.3 Å². The molecule has 3 rings (SSSR count). The largest absolute Gasteiger partial charge is 0.479 e. The fraction of sp³-hybridized carbons (Fsp3) is 0.318. The molecule has 6 nitrogen and oxygen atoms in total. The Hall–Kier alpha value is -3.33. The number of benzene rings is 2. The molecular formula is C22H24N4O2. The monoisotopic (exact) mass is 376 g/mol. The second-order valence-corrected chi connectivity index (χ2v) is 6.98. The predicted molar refractivity (Wildman–Crippen MR) is 108 cm³/mol. The van der Waals surface area contributed by atoms with Crippen LogP contribution in [0.4, 0.5) is 0 Å². The molecule has 1 aromatic heterocycles. The van der Waals surface area contributed by atoms with E-state index in [1.165, 1.54) is 0 Å². The van der Waals surface area contributed by atoms with Gasteiger partial charge in [0.15, 0.2) is 6.10 Å². The summed E-state index contributed by atoms with van der Waals surface area (Å²) in [6, 6.07) is 17.0. The molecule has 0 bridgehead atoms. The van der Waals surface area contributed by atoms with Crippen LogP contribution >= 0.6 is 0 Å². The van der Waals surface area contributed by atoms with Gasteiger partial charge in [0.2, 0.25) is 0 Å². The summed E-state index contributed by atoms with van der Waals surface area (Å²) in [4.78, 5) is 17.3. The van der Waals surface area contributed by atoms with E-state index >= 15 is 0 Å². The lowest BCUT2D eigenvalue weighted by Gasteiger charge is -2.22. The van der Waals surface area contributed by atoms with Crippen LogP contribution in [0.15, 0.2) is 48.5 Å². The molecule has 0 aliphatic heterocycles. The quantitative estimate of drug-likeness (QED) is 0.685. The second-order valence-electron chi connectivity index (χ2n) is 6.98. The Morgan fingerprint density at radius 3 is 2.68 bits per heavy atom. The van der Waals surface area contributed by atoms with Gasteiger partial charge in [-0.25, -0.2) is 4.98 Å². The Kier molecular flexibility index (Phi) is 5.95. The minimum absolute atomic E-state index is 0.0393. The van der Waals surface area contributed by atoms with Gasteiger partial charge >= 0.3 is 0 Å². The van der Waals surface area contributed by atoms with Gasteiger partial charge in [0.05, 0.1) is 16.6 Å². The Balaban J connectivity index is 1.66. The first-order valence-corrected chi connectivity index (χ1v) is 9.36. The number of aryl methyl sites for hydroxylation is 1. The predicted octanol–water partition coefficient (Wildman–Crippen LogP) is 3.44. The van der Waals surface area contributed by atoms with Crippen molar-refractivity contribution in [3.05, 3.63) is 59.9 Å². The van der Waals surface area contributed by atoms with Crippen molar-refractivity contribution < 1.29 is 9.53 Å². The molecule has 3 aromatic rings. The zero-order valence-electron chi connectivity index (χ0n) is 16.3. The molecule has 0 radical (unpaired) electrons. The molecular weight excluding hydrogens is 352 g/mol. The van der Waals surface area contributed by atoms with Gasteiger partial charge in [-0.1, -0.05) is 38.1 Å². The Morgan fingerprint density at radius 2 is 1.93 bits per heavy atom. The summed E-state index contributed by atoms with van der Waals surface area (Å²) in [5.41, 5.74) is 2.41. The van der Waals surface area contributed by atoms with Gasteiger partial charge in [0.25, 0.3) is 5.91 Å². The molecule has 0 aliphatic rings. The van der Waals surface area contributed by atoms with E-state index in [1.807, 2.05) is 45.0 Å². The lowest BCUT2D eigenvalue weighted by Crippen LogP contribution is -2.43. The molecule has 6 heteroatoms. The topological polar surface area (TPSA) is 79.9 Å². The Bertz CT molecular complexity index is 1020. The number of carbonyl (C=O) groups excluding carboxylic acids is 1. The van der Waals surface area contributed by atoms with Crippen LogP contribution in [0.2, 0.25) is 0 Å². The summed E-state index contributed by atoms with van der Waals surface area (Å²) >= 11 is 0. The molecule has 1 heterocycles. The van der Waals surface area contributed by atoms with Crippen LogP contribution in [-0.4, -0.2) is 28.1 Å². The highest BCUT2D eigenvalue weighted by molar-refractivity contribution is 5.81. The van der Waals surface area contributed by atoms with Gasteiger partial charge in [-0.2, -0.15) is 5.26 Å². The zero-order valence-corrected chi connectivity index (χ0v) is 16.3. The van der Waals surface area contributed by atoms with Crippen LogP contribution in [0.3, 0.4) is 0 Å². The number of nitrogens with one attached hydrogen (secondary N) is 1. The van der Waals surface area contributed by atoms with Crippen LogP contribution < -0.4 is 10.1 Å². The highest BCUT2D eigenvalue weighted by Gasteiger charge is 2.25. The van der Waals surface area contributed by atoms with E-state index in [0.717, 1.165) is 16.9 Å². The first kappa shape index (κ1) is 19.4. The lowest BCUT2D eigenvalue weighted by atomic mass is 10.1. The summed E-state index contributed by atoms with van der Waals surface area (Å²) in [6.45, 7) is 6.89. The number of ether oxygens (including phenoxy) is 1. The highest BCUT2D eigenvalue weighted by Crippen LogP contribution is 2.21. The summed E-state index contributed by atoms with van der Waals surface area (Å²) in [6.07, 6.45) is -0.671. The number of para-hydroxylation sites is 3. The number of aromatic nitrogens is 2. The SMILES string of the molecule is Cc1nc2ccccc2n1CCNC(=O)C(Oc1ccccc1C#N)C(C)C. The average Bonchev–Trinajstić information content (AvgIpc) is 3.01. The first-order valence-electron chi connectivity index (χ1n) is 9.36. The minimum atomic E-state index is -0.671. The highest BCUT2D eigenvalue weighted by atomic mass is 16.5. The first-order chi connectivity index (χ1) is 13.5. The fourth-order valence-corrected chi connectivity index (χ4v) is 3.16. The van der Waals surface area contributed by atoms with Gasteiger partial charge in [-0.15, -0.1) is 0 Å². The number of hydrogen-bond acceptors (Lipinski definition) is 4. The molecule has 1 atom stereocenters. The van der Waals surface area contributed by atoms with Crippen LogP contribution in [0.1, 0.15) is 25.2 Å². The van der Waals surface area contributed by atoms with Crippen LogP contribution in [0.5, 0.6) is 5.75 Å². The van der Waals surface area contributed by atoms with Gasteiger partial charge in [0.1, 0.15) is 17.6 Å². The smallest absolute Gasteiger partial charge is 0.261 e. The standard InChI is InChI=1S/C22H24N4O2/c1-15(2)21(28-20-11-7-4-8-17(20)14-23)22(27)24-12-13-26-16(3)25-18-9-5-6-10-19(18)26/h4-11,15,21H,12-13H2,1-3H3,(H,24,27). The maximum Gasteiger partial charge on any atom is 0.261 e. The van der Waals surface area contributed by atoms with Crippen molar-refractivity contribution in [3.8, 4) is 11.8 Å². The molecule has 2 aromatic carbocycles. The summed E-state index contributed by atoms with van der Waals surface area (Å²) in [7, 11) is 0. The third-order valence-electron chi connectivity index (χ3n) is 4.61. The maximum absolute atomic E-state index is 12.7. The van der Waals surface area contributed by atoms with Gasteiger partial charge in [-0.3, -0.25) is 4.79 Å². The van der Waals surface area contributed by atoms with Crippen molar-refractivity contribution in [3.63, 3.8) is 0 Å². The van der Waals surface area contributed by atoms with Crippen LogP contribution in [0.25, 0.3) is 11.0 Å². The number of hydrogen-bond donors (Lipinski definition) is 1. The normalized spacial score (nSPS) is 12.0. The van der Waals surface area contributed by atoms with Crippen molar-refractivity contribution in [2.75, 3.05) is 6.54 Å². The molecule has 28 heavy (non-hydrogen) atoms. The molecule has 144 valence electrons. The van der Waals surface area contributed by atoms with Crippen molar-refractivity contribution in [2.45, 2.75) is 33.4 Å². The molecule has 0 aliphatic carbocycles. The van der Waals surface area contributed by atoms with Crippen molar-refractivity contribution in [1.82, 2.24) is 14.9 Å². The minimum Gasteiger partial charge on any atom is -0.479 e. The van der Waals surface area contributed by atoms with Gasteiger partial charge in [0, 0.05) is 13.1 Å². The molecule has 1 N–H and O–H groups in total. The second kappa shape index (κ2) is 8.57. The zero-order chi connectivity index (χ0) is 20.1. The summed E-state index contributed by atoms with van der Waals surface area (Å²) in [5.74, 6) is 1.11. The molecule has 1 unspecified atom stereocenters. The number of amides is 1. The number of fused-ring (bicyclic) bond motifs is 1. The molecule has 0 fully saturated rings. The Labute approximate surface area is 164 Å². The van der Waals surface area contributed by atoms with Gasteiger partial charge < -0.3 is 14.6 Å². The average molecular weight is 376 g/mol.